The third-order valence-electron chi connectivity index (χ3n) is 6.39. The van der Waals surface area contributed by atoms with Crippen LogP contribution in [0.2, 0.25) is 0 Å². The van der Waals surface area contributed by atoms with Crippen LogP contribution in [0.4, 0.5) is 4.39 Å². The second-order valence-corrected chi connectivity index (χ2v) is 8.33. The number of halogens is 1. The topological polar surface area (TPSA) is 46.1 Å². The maximum Gasteiger partial charge on any atom is 0.226 e. The van der Waals surface area contributed by atoms with E-state index in [1.54, 1.807) is 6.07 Å². The molecule has 4 rings (SSSR count). The summed E-state index contributed by atoms with van der Waals surface area (Å²) in [5, 5.41) is 0. The molecule has 0 spiro atoms. The first-order chi connectivity index (χ1) is 13.5. The summed E-state index contributed by atoms with van der Waals surface area (Å²) in [6.07, 6.45) is 6.73. The molecular formula is C23H28FN3O. The SMILES string of the molecule is Cc1cnc(CCC2CCN(C(=O)C3CC3c3ccccc3F)CC2)nc1C. The number of hydrogen-bond acceptors (Lipinski definition) is 3. The molecule has 4 nitrogen and oxygen atoms in total. The van der Waals surface area contributed by atoms with Gasteiger partial charge in [-0.25, -0.2) is 14.4 Å². The Morgan fingerprint density at radius 3 is 2.68 bits per heavy atom. The van der Waals surface area contributed by atoms with E-state index in [-0.39, 0.29) is 23.6 Å². The van der Waals surface area contributed by atoms with Crippen LogP contribution < -0.4 is 0 Å². The lowest BCUT2D eigenvalue weighted by Crippen LogP contribution is -2.39. The highest BCUT2D eigenvalue weighted by atomic mass is 19.1. The third kappa shape index (κ3) is 4.08. The van der Waals surface area contributed by atoms with Gasteiger partial charge in [-0.05, 0) is 68.6 Å². The number of hydrogen-bond donors (Lipinski definition) is 0. The van der Waals surface area contributed by atoms with Gasteiger partial charge in [0, 0.05) is 37.3 Å². The fourth-order valence-electron chi connectivity index (χ4n) is 4.29. The average Bonchev–Trinajstić information content (AvgIpc) is 3.50. The summed E-state index contributed by atoms with van der Waals surface area (Å²) < 4.78 is 13.9. The van der Waals surface area contributed by atoms with E-state index in [0.717, 1.165) is 62.3 Å². The number of aromatic nitrogens is 2. The number of likely N-dealkylation sites (tertiary alicyclic amines) is 1. The number of aryl methyl sites for hydroxylation is 3. The Labute approximate surface area is 166 Å². The van der Waals surface area contributed by atoms with Crippen molar-refractivity contribution in [2.45, 2.75) is 51.9 Å². The van der Waals surface area contributed by atoms with E-state index in [1.807, 2.05) is 37.1 Å². The van der Waals surface area contributed by atoms with Crippen LogP contribution in [-0.4, -0.2) is 33.9 Å². The Hall–Kier alpha value is -2.30. The number of carbonyl (C=O) groups is 1. The lowest BCUT2D eigenvalue weighted by atomic mass is 9.91. The van der Waals surface area contributed by atoms with E-state index in [4.69, 9.17) is 0 Å². The van der Waals surface area contributed by atoms with Gasteiger partial charge in [0.2, 0.25) is 5.91 Å². The Kier molecular flexibility index (Phi) is 5.42. The van der Waals surface area contributed by atoms with Crippen LogP contribution in [0, 0.1) is 31.5 Å². The fraction of sp³-hybridized carbons (Fsp3) is 0.522. The molecule has 2 atom stereocenters. The molecule has 28 heavy (non-hydrogen) atoms. The molecule has 1 amide bonds. The molecular weight excluding hydrogens is 353 g/mol. The Morgan fingerprint density at radius 2 is 1.96 bits per heavy atom. The van der Waals surface area contributed by atoms with Crippen molar-refractivity contribution in [1.82, 2.24) is 14.9 Å². The highest BCUT2D eigenvalue weighted by Crippen LogP contribution is 2.49. The predicted molar refractivity (Wildman–Crippen MR) is 106 cm³/mol. The molecule has 1 saturated heterocycles. The summed E-state index contributed by atoms with van der Waals surface area (Å²) >= 11 is 0. The van der Waals surface area contributed by atoms with Crippen LogP contribution in [-0.2, 0) is 11.2 Å². The molecule has 2 aromatic rings. The standard InChI is InChI=1S/C23H28FN3O/c1-15-14-25-22(26-16(15)2)8-7-17-9-11-27(12-10-17)23(28)20-13-19(20)18-5-3-4-6-21(18)24/h3-6,14,17,19-20H,7-13H2,1-2H3. The first-order valence-electron chi connectivity index (χ1n) is 10.3. The highest BCUT2D eigenvalue weighted by molar-refractivity contribution is 5.83. The molecule has 1 aromatic heterocycles. The molecule has 2 unspecified atom stereocenters. The quantitative estimate of drug-likeness (QED) is 0.779. The summed E-state index contributed by atoms with van der Waals surface area (Å²) in [7, 11) is 0. The summed E-state index contributed by atoms with van der Waals surface area (Å²) in [6.45, 7) is 5.69. The van der Waals surface area contributed by atoms with Crippen molar-refractivity contribution in [3.63, 3.8) is 0 Å². The van der Waals surface area contributed by atoms with Crippen LogP contribution >= 0.6 is 0 Å². The highest BCUT2D eigenvalue weighted by Gasteiger charge is 2.47. The molecule has 1 aromatic carbocycles. The summed E-state index contributed by atoms with van der Waals surface area (Å²) in [5.41, 5.74) is 2.88. The van der Waals surface area contributed by atoms with Gasteiger partial charge in [0.15, 0.2) is 0 Å². The van der Waals surface area contributed by atoms with Gasteiger partial charge in [-0.15, -0.1) is 0 Å². The van der Waals surface area contributed by atoms with Crippen LogP contribution in [0.3, 0.4) is 0 Å². The Bertz CT molecular complexity index is 861. The van der Waals surface area contributed by atoms with Crippen LogP contribution in [0.25, 0.3) is 0 Å². The van der Waals surface area contributed by atoms with Crippen molar-refractivity contribution < 1.29 is 9.18 Å². The van der Waals surface area contributed by atoms with Crippen molar-refractivity contribution in [1.29, 1.82) is 0 Å². The molecule has 1 aliphatic carbocycles. The first kappa shape index (κ1) is 19.0. The first-order valence-corrected chi connectivity index (χ1v) is 10.3. The monoisotopic (exact) mass is 381 g/mol. The molecule has 2 heterocycles. The predicted octanol–water partition coefficient (Wildman–Crippen LogP) is 4.21. The second-order valence-electron chi connectivity index (χ2n) is 8.33. The molecule has 2 fully saturated rings. The van der Waals surface area contributed by atoms with Gasteiger partial charge in [-0.2, -0.15) is 0 Å². The maximum atomic E-state index is 13.9. The van der Waals surface area contributed by atoms with E-state index in [9.17, 15) is 9.18 Å². The Morgan fingerprint density at radius 1 is 1.21 bits per heavy atom. The number of benzene rings is 1. The van der Waals surface area contributed by atoms with Gasteiger partial charge in [0.05, 0.1) is 0 Å². The van der Waals surface area contributed by atoms with Crippen LogP contribution in [0.5, 0.6) is 0 Å². The van der Waals surface area contributed by atoms with Crippen molar-refractivity contribution in [2.24, 2.45) is 11.8 Å². The number of nitrogens with zero attached hydrogens (tertiary/aromatic N) is 3. The molecule has 0 bridgehead atoms. The van der Waals surface area contributed by atoms with E-state index < -0.39 is 0 Å². The minimum Gasteiger partial charge on any atom is -0.342 e. The van der Waals surface area contributed by atoms with Crippen molar-refractivity contribution in [2.75, 3.05) is 13.1 Å². The molecule has 0 N–H and O–H groups in total. The fourth-order valence-corrected chi connectivity index (χ4v) is 4.29. The minimum atomic E-state index is -0.185. The molecule has 2 aliphatic rings. The normalized spacial score (nSPS) is 22.3. The van der Waals surface area contributed by atoms with Crippen LogP contribution in [0.15, 0.2) is 30.5 Å². The number of amides is 1. The zero-order valence-corrected chi connectivity index (χ0v) is 16.7. The van der Waals surface area contributed by atoms with Crippen molar-refractivity contribution in [3.8, 4) is 0 Å². The van der Waals surface area contributed by atoms with Gasteiger partial charge in [0.1, 0.15) is 11.6 Å². The van der Waals surface area contributed by atoms with E-state index in [2.05, 4.69) is 9.97 Å². The van der Waals surface area contributed by atoms with Gasteiger partial charge < -0.3 is 4.90 Å². The number of piperidine rings is 1. The van der Waals surface area contributed by atoms with Crippen molar-refractivity contribution in [3.05, 3.63) is 58.9 Å². The maximum absolute atomic E-state index is 13.9. The van der Waals surface area contributed by atoms with Crippen molar-refractivity contribution >= 4 is 5.91 Å². The van der Waals surface area contributed by atoms with Gasteiger partial charge in [0.25, 0.3) is 0 Å². The minimum absolute atomic E-state index is 0.0302. The van der Waals surface area contributed by atoms with Crippen LogP contribution in [0.1, 0.15) is 54.2 Å². The molecule has 1 saturated carbocycles. The lowest BCUT2D eigenvalue weighted by molar-refractivity contribution is -0.134. The number of rotatable bonds is 5. The smallest absolute Gasteiger partial charge is 0.226 e. The lowest BCUT2D eigenvalue weighted by Gasteiger charge is -2.32. The van der Waals surface area contributed by atoms with E-state index in [0.29, 0.717) is 11.5 Å². The molecule has 5 heteroatoms. The summed E-state index contributed by atoms with van der Waals surface area (Å²) in [5.74, 6) is 1.60. The largest absolute Gasteiger partial charge is 0.342 e. The zero-order valence-electron chi connectivity index (χ0n) is 16.7. The summed E-state index contributed by atoms with van der Waals surface area (Å²) in [6, 6.07) is 6.85. The summed E-state index contributed by atoms with van der Waals surface area (Å²) in [4.78, 5) is 23.8. The second kappa shape index (κ2) is 7.98. The Balaban J connectivity index is 1.25. The van der Waals surface area contributed by atoms with Gasteiger partial charge >= 0.3 is 0 Å². The van der Waals surface area contributed by atoms with Gasteiger partial charge in [-0.1, -0.05) is 18.2 Å². The van der Waals surface area contributed by atoms with Gasteiger partial charge in [-0.3, -0.25) is 4.79 Å². The molecule has 148 valence electrons. The zero-order chi connectivity index (χ0) is 19.7. The third-order valence-corrected chi connectivity index (χ3v) is 6.39. The van der Waals surface area contributed by atoms with E-state index >= 15 is 0 Å². The molecule has 1 aliphatic heterocycles. The molecule has 0 radical (unpaired) electrons. The average molecular weight is 381 g/mol. The number of carbonyl (C=O) groups excluding carboxylic acids is 1. The van der Waals surface area contributed by atoms with E-state index in [1.165, 1.54) is 6.07 Å².